The fourth-order valence-corrected chi connectivity index (χ4v) is 8.63. The average molecular weight is 743 g/mol. The lowest BCUT2D eigenvalue weighted by Crippen LogP contribution is -2.36. The Balaban J connectivity index is 1.36. The van der Waals surface area contributed by atoms with Crippen molar-refractivity contribution in [2.45, 2.75) is 37.8 Å². The van der Waals surface area contributed by atoms with Gasteiger partial charge in [-0.15, -0.1) is 0 Å². The van der Waals surface area contributed by atoms with Crippen molar-refractivity contribution >= 4 is 0 Å². The standard InChI is InChI=1S/C42H50N2O10/c1-43-13-11-24-27(20-35(49-6)40(51-8)38(24)45)28(43)16-23-18-31(46-3)33(48-5)21-30(23)54-34-17-22-15-29-36-25(12-14-44(29)2)39(50-7)42(53-10)41(52-9)37(36)26(22)19-32(34)47-4/h17-21,28-29,45H,11-16H2,1-10H3/t28-,29+/m1/s1. The van der Waals surface area contributed by atoms with Gasteiger partial charge in [-0.1, -0.05) is 0 Å². The first-order valence-electron chi connectivity index (χ1n) is 18.0. The van der Waals surface area contributed by atoms with E-state index in [4.69, 9.17) is 42.6 Å². The van der Waals surface area contributed by atoms with E-state index in [1.54, 1.807) is 49.8 Å². The predicted octanol–water partition coefficient (Wildman–Crippen LogP) is 6.78. The zero-order valence-electron chi connectivity index (χ0n) is 32.8. The fraction of sp³-hybridized carbons (Fsp3) is 0.429. The van der Waals surface area contributed by atoms with Crippen LogP contribution in [-0.4, -0.2) is 99.0 Å². The molecule has 12 nitrogen and oxygen atoms in total. The van der Waals surface area contributed by atoms with E-state index in [1.807, 2.05) is 24.3 Å². The van der Waals surface area contributed by atoms with Gasteiger partial charge in [-0.3, -0.25) is 9.80 Å². The van der Waals surface area contributed by atoms with E-state index < -0.39 is 0 Å². The Kier molecular flexibility index (Phi) is 10.3. The summed E-state index contributed by atoms with van der Waals surface area (Å²) in [6, 6.07) is 9.86. The van der Waals surface area contributed by atoms with Crippen LogP contribution in [0.25, 0.3) is 11.1 Å². The molecule has 12 heteroatoms. The molecule has 2 atom stereocenters. The van der Waals surface area contributed by atoms with Gasteiger partial charge in [0.1, 0.15) is 5.75 Å². The number of ether oxygens (including phenoxy) is 9. The van der Waals surface area contributed by atoms with Crippen LogP contribution in [0.5, 0.6) is 63.2 Å². The van der Waals surface area contributed by atoms with Crippen molar-refractivity contribution < 1.29 is 47.7 Å². The van der Waals surface area contributed by atoms with Gasteiger partial charge in [0.2, 0.25) is 11.5 Å². The van der Waals surface area contributed by atoms with Gasteiger partial charge in [0.05, 0.1) is 56.9 Å². The number of benzene rings is 4. The molecule has 4 aromatic carbocycles. The lowest BCUT2D eigenvalue weighted by molar-refractivity contribution is 0.222. The summed E-state index contributed by atoms with van der Waals surface area (Å²) >= 11 is 0. The summed E-state index contributed by atoms with van der Waals surface area (Å²) in [4.78, 5) is 4.66. The van der Waals surface area contributed by atoms with Gasteiger partial charge in [-0.05, 0) is 86.3 Å². The highest BCUT2D eigenvalue weighted by Crippen LogP contribution is 2.58. The molecule has 0 amide bonds. The fourth-order valence-electron chi connectivity index (χ4n) is 8.63. The molecular weight excluding hydrogens is 692 g/mol. The molecule has 0 spiro atoms. The molecule has 0 saturated heterocycles. The van der Waals surface area contributed by atoms with Crippen LogP contribution in [-0.2, 0) is 25.7 Å². The molecule has 288 valence electrons. The third-order valence-corrected chi connectivity index (χ3v) is 11.4. The van der Waals surface area contributed by atoms with Crippen LogP contribution in [0.1, 0.15) is 45.5 Å². The summed E-state index contributed by atoms with van der Waals surface area (Å²) in [6.07, 6.45) is 2.78. The highest BCUT2D eigenvalue weighted by atomic mass is 16.5. The Morgan fingerprint density at radius 2 is 1.20 bits per heavy atom. The number of phenolic OH excluding ortho intramolecular Hbond substituents is 1. The van der Waals surface area contributed by atoms with Crippen molar-refractivity contribution in [2.75, 3.05) is 84.1 Å². The number of rotatable bonds is 12. The minimum atomic E-state index is -0.127. The molecule has 54 heavy (non-hydrogen) atoms. The molecule has 0 fully saturated rings. The van der Waals surface area contributed by atoms with E-state index in [9.17, 15) is 5.11 Å². The van der Waals surface area contributed by atoms with Crippen molar-refractivity contribution in [2.24, 2.45) is 0 Å². The smallest absolute Gasteiger partial charge is 0.204 e. The largest absolute Gasteiger partial charge is 0.504 e. The summed E-state index contributed by atoms with van der Waals surface area (Å²) in [5.74, 6) is 5.68. The minimum absolute atomic E-state index is 0.0942. The van der Waals surface area contributed by atoms with Crippen LogP contribution in [0.2, 0.25) is 0 Å². The predicted molar refractivity (Wildman–Crippen MR) is 204 cm³/mol. The second-order valence-electron chi connectivity index (χ2n) is 13.9. The van der Waals surface area contributed by atoms with E-state index in [1.165, 1.54) is 12.7 Å². The number of likely N-dealkylation sites (N-methyl/N-ethyl adjacent to an activating group) is 2. The van der Waals surface area contributed by atoms with Crippen LogP contribution < -0.4 is 42.6 Å². The summed E-state index contributed by atoms with van der Waals surface area (Å²) in [6.45, 7) is 1.61. The van der Waals surface area contributed by atoms with Gasteiger partial charge in [-0.2, -0.15) is 0 Å². The molecule has 0 saturated carbocycles. The molecule has 2 aliphatic heterocycles. The van der Waals surface area contributed by atoms with E-state index in [2.05, 4.69) is 30.0 Å². The van der Waals surface area contributed by atoms with Gasteiger partial charge in [-0.25, -0.2) is 0 Å². The lowest BCUT2D eigenvalue weighted by atomic mass is 9.76. The van der Waals surface area contributed by atoms with Gasteiger partial charge in [0.15, 0.2) is 46.0 Å². The minimum Gasteiger partial charge on any atom is -0.504 e. The SMILES string of the molecule is COc1cc(C[C@@H]2c3cc(OC)c(OC)c(O)c3CCN2C)c(Oc2cc3c(cc2OC)-c2c(OC)c(OC)c(OC)c4c2[C@H](C3)N(C)CC4)cc1OC. The van der Waals surface area contributed by atoms with Crippen LogP contribution in [0.15, 0.2) is 30.3 Å². The Morgan fingerprint density at radius 3 is 1.85 bits per heavy atom. The van der Waals surface area contributed by atoms with Crippen molar-refractivity contribution in [3.05, 3.63) is 63.7 Å². The van der Waals surface area contributed by atoms with Crippen molar-refractivity contribution in [1.82, 2.24) is 9.80 Å². The summed E-state index contributed by atoms with van der Waals surface area (Å²) in [7, 11) is 17.2. The second kappa shape index (κ2) is 14.9. The Hall–Kier alpha value is -5.20. The number of hydrogen-bond acceptors (Lipinski definition) is 12. The van der Waals surface area contributed by atoms with Crippen LogP contribution in [0.4, 0.5) is 0 Å². The normalized spacial score (nSPS) is 17.4. The maximum Gasteiger partial charge on any atom is 0.204 e. The van der Waals surface area contributed by atoms with Crippen molar-refractivity contribution in [1.29, 1.82) is 0 Å². The third kappa shape index (κ3) is 5.92. The van der Waals surface area contributed by atoms with Crippen molar-refractivity contribution in [3.8, 4) is 74.4 Å². The zero-order chi connectivity index (χ0) is 38.4. The second-order valence-corrected chi connectivity index (χ2v) is 13.9. The highest BCUT2D eigenvalue weighted by molar-refractivity contribution is 5.87. The van der Waals surface area contributed by atoms with E-state index in [-0.39, 0.29) is 17.8 Å². The van der Waals surface area contributed by atoms with Crippen LogP contribution >= 0.6 is 0 Å². The molecule has 0 unspecified atom stereocenters. The quantitative estimate of drug-likeness (QED) is 0.165. The Morgan fingerprint density at radius 1 is 0.593 bits per heavy atom. The van der Waals surface area contributed by atoms with E-state index in [0.29, 0.717) is 64.6 Å². The number of hydrogen-bond donors (Lipinski definition) is 1. The lowest BCUT2D eigenvalue weighted by Gasteiger charge is -2.41. The van der Waals surface area contributed by atoms with Gasteiger partial charge < -0.3 is 47.7 Å². The first kappa shape index (κ1) is 37.1. The highest BCUT2D eigenvalue weighted by Gasteiger charge is 2.40. The number of aromatic hydroxyl groups is 1. The molecule has 2 heterocycles. The molecule has 1 aliphatic carbocycles. The molecule has 1 N–H and O–H groups in total. The van der Waals surface area contributed by atoms with E-state index in [0.717, 1.165) is 70.6 Å². The molecule has 3 aliphatic rings. The summed E-state index contributed by atoms with van der Waals surface area (Å²) in [5.41, 5.74) is 8.09. The molecule has 0 radical (unpaired) electrons. The molecule has 0 aromatic heterocycles. The molecule has 0 bridgehead atoms. The first-order valence-corrected chi connectivity index (χ1v) is 18.0. The monoisotopic (exact) mass is 742 g/mol. The summed E-state index contributed by atoms with van der Waals surface area (Å²) in [5, 5.41) is 11.3. The molecular formula is C42H50N2O10. The maximum absolute atomic E-state index is 11.3. The van der Waals surface area contributed by atoms with Crippen LogP contribution in [0.3, 0.4) is 0 Å². The van der Waals surface area contributed by atoms with Gasteiger partial charge in [0, 0.05) is 53.5 Å². The zero-order valence-corrected chi connectivity index (χ0v) is 32.8. The first-order chi connectivity index (χ1) is 26.2. The summed E-state index contributed by atoms with van der Waals surface area (Å²) < 4.78 is 53.7. The maximum atomic E-state index is 11.3. The van der Waals surface area contributed by atoms with Crippen LogP contribution in [0, 0.1) is 0 Å². The molecule has 7 rings (SSSR count). The third-order valence-electron chi connectivity index (χ3n) is 11.4. The topological polar surface area (TPSA) is 110 Å². The van der Waals surface area contributed by atoms with Crippen molar-refractivity contribution in [3.63, 3.8) is 0 Å². The Bertz CT molecular complexity index is 2080. The van der Waals surface area contributed by atoms with Gasteiger partial charge >= 0.3 is 0 Å². The Labute approximate surface area is 316 Å². The number of nitrogens with zero attached hydrogens (tertiary/aromatic N) is 2. The van der Waals surface area contributed by atoms with E-state index >= 15 is 0 Å². The van der Waals surface area contributed by atoms with Gasteiger partial charge in [0.25, 0.3) is 0 Å². The number of methoxy groups -OCH3 is 8. The number of fused-ring (bicyclic) bond motifs is 3. The molecule has 4 aromatic rings. The number of phenols is 1. The average Bonchev–Trinajstić information content (AvgIpc) is 3.19.